The fourth-order valence-corrected chi connectivity index (χ4v) is 1.61. The molecule has 2 aromatic carbocycles. The molecule has 0 aliphatic heterocycles. The molecule has 2 aromatic rings. The summed E-state index contributed by atoms with van der Waals surface area (Å²) in [6.07, 6.45) is 0. The summed E-state index contributed by atoms with van der Waals surface area (Å²) in [5, 5.41) is 11.3. The van der Waals surface area contributed by atoms with Crippen LogP contribution >= 0.6 is 0 Å². The third-order valence-electron chi connectivity index (χ3n) is 2.29. The zero-order valence-electron chi connectivity index (χ0n) is 8.53. The zero-order chi connectivity index (χ0) is 10.8. The minimum absolute atomic E-state index is 0.197. The smallest absolute Gasteiger partial charge is 0.127 e. The van der Waals surface area contributed by atoms with Crippen LogP contribution in [0.4, 0.5) is 5.69 Å². The van der Waals surface area contributed by atoms with Crippen LogP contribution in [0.5, 0.6) is 11.5 Å². The van der Waals surface area contributed by atoms with E-state index in [1.165, 1.54) is 0 Å². The average molecular weight is 203 g/mol. The van der Waals surface area contributed by atoms with Gasteiger partial charge in [-0.2, -0.15) is 0 Å². The van der Waals surface area contributed by atoms with Gasteiger partial charge in [-0.25, -0.2) is 0 Å². The van der Waals surface area contributed by atoms with Gasteiger partial charge < -0.3 is 15.6 Å². The van der Waals surface area contributed by atoms with Crippen LogP contribution < -0.4 is 10.5 Å². The number of aromatic hydroxyl groups is 1. The monoisotopic (exact) mass is 203 g/mol. The molecule has 0 fully saturated rings. The molecule has 3 nitrogen and oxygen atoms in total. The summed E-state index contributed by atoms with van der Waals surface area (Å²) in [5.41, 5.74) is 6.47. The molecule has 0 spiro atoms. The first kappa shape index (κ1) is 9.65. The predicted octanol–water partition coefficient (Wildman–Crippen LogP) is 2.53. The highest BCUT2D eigenvalue weighted by molar-refractivity contribution is 5.97. The summed E-state index contributed by atoms with van der Waals surface area (Å²) >= 11 is 0. The van der Waals surface area contributed by atoms with Crippen molar-refractivity contribution in [2.24, 2.45) is 0 Å². The van der Waals surface area contributed by atoms with Gasteiger partial charge in [-0.15, -0.1) is 0 Å². The summed E-state index contributed by atoms with van der Waals surface area (Å²) in [7, 11) is 0. The van der Waals surface area contributed by atoms with Gasteiger partial charge in [-0.3, -0.25) is 0 Å². The number of phenols is 1. The van der Waals surface area contributed by atoms with Crippen molar-refractivity contribution in [2.75, 3.05) is 12.3 Å². The number of hydrogen-bond donors (Lipinski definition) is 2. The highest BCUT2D eigenvalue weighted by atomic mass is 16.5. The number of benzene rings is 2. The molecule has 15 heavy (non-hydrogen) atoms. The summed E-state index contributed by atoms with van der Waals surface area (Å²) < 4.78 is 5.33. The van der Waals surface area contributed by atoms with Gasteiger partial charge in [0.15, 0.2) is 0 Å². The van der Waals surface area contributed by atoms with Crippen molar-refractivity contribution in [1.82, 2.24) is 0 Å². The van der Waals surface area contributed by atoms with Gasteiger partial charge in [0.2, 0.25) is 0 Å². The Morgan fingerprint density at radius 2 is 2.07 bits per heavy atom. The number of phenolic OH excluding ortho intramolecular Hbond substituents is 1. The molecule has 0 saturated heterocycles. The normalized spacial score (nSPS) is 10.5. The number of fused-ring (bicyclic) bond motifs is 1. The first-order valence-electron chi connectivity index (χ1n) is 4.86. The maximum absolute atomic E-state index is 9.77. The second-order valence-corrected chi connectivity index (χ2v) is 3.32. The molecular weight excluding hydrogens is 190 g/mol. The molecule has 0 saturated carbocycles. The van der Waals surface area contributed by atoms with Gasteiger partial charge in [-0.1, -0.05) is 12.1 Å². The Kier molecular flexibility index (Phi) is 2.37. The molecule has 3 N–H and O–H groups in total. The molecule has 0 aromatic heterocycles. The minimum atomic E-state index is 0.197. The van der Waals surface area contributed by atoms with E-state index in [0.29, 0.717) is 18.0 Å². The molecule has 0 aliphatic rings. The molecular formula is C12H13NO2. The molecule has 0 unspecified atom stereocenters. The van der Waals surface area contributed by atoms with Crippen molar-refractivity contribution in [1.29, 1.82) is 0 Å². The van der Waals surface area contributed by atoms with E-state index < -0.39 is 0 Å². The van der Waals surface area contributed by atoms with Crippen LogP contribution in [0.3, 0.4) is 0 Å². The van der Waals surface area contributed by atoms with Crippen LogP contribution in [-0.2, 0) is 0 Å². The van der Waals surface area contributed by atoms with Crippen molar-refractivity contribution >= 4 is 16.5 Å². The Bertz CT molecular complexity index is 494. The molecule has 0 bridgehead atoms. The van der Waals surface area contributed by atoms with Gasteiger partial charge in [-0.05, 0) is 19.1 Å². The van der Waals surface area contributed by atoms with E-state index in [1.54, 1.807) is 12.1 Å². The SMILES string of the molecule is CCOc1cc(O)c2cccc(N)c2c1. The van der Waals surface area contributed by atoms with Gasteiger partial charge in [0.25, 0.3) is 0 Å². The number of ether oxygens (including phenoxy) is 1. The van der Waals surface area contributed by atoms with Crippen molar-refractivity contribution in [2.45, 2.75) is 6.92 Å². The second kappa shape index (κ2) is 3.69. The summed E-state index contributed by atoms with van der Waals surface area (Å²) in [6.45, 7) is 2.47. The van der Waals surface area contributed by atoms with Crippen molar-refractivity contribution in [3.8, 4) is 11.5 Å². The molecule has 2 rings (SSSR count). The third kappa shape index (κ3) is 1.68. The third-order valence-corrected chi connectivity index (χ3v) is 2.29. The molecule has 0 radical (unpaired) electrons. The van der Waals surface area contributed by atoms with Gasteiger partial charge >= 0.3 is 0 Å². The van der Waals surface area contributed by atoms with Crippen molar-refractivity contribution < 1.29 is 9.84 Å². The number of hydrogen-bond acceptors (Lipinski definition) is 3. The van der Waals surface area contributed by atoms with E-state index in [4.69, 9.17) is 10.5 Å². The average Bonchev–Trinajstić information content (AvgIpc) is 2.20. The highest BCUT2D eigenvalue weighted by Gasteiger charge is 2.05. The lowest BCUT2D eigenvalue weighted by Crippen LogP contribution is -1.92. The molecule has 0 amide bonds. The molecule has 0 atom stereocenters. The number of nitrogens with two attached hydrogens (primary N) is 1. The van der Waals surface area contributed by atoms with Gasteiger partial charge in [0, 0.05) is 22.5 Å². The maximum atomic E-state index is 9.77. The Labute approximate surface area is 88.1 Å². The first-order chi connectivity index (χ1) is 7.22. The highest BCUT2D eigenvalue weighted by Crippen LogP contribution is 2.33. The quantitative estimate of drug-likeness (QED) is 0.737. The zero-order valence-corrected chi connectivity index (χ0v) is 8.53. The fraction of sp³-hybridized carbons (Fsp3) is 0.167. The van der Waals surface area contributed by atoms with Crippen molar-refractivity contribution in [3.05, 3.63) is 30.3 Å². The number of anilines is 1. The Hall–Kier alpha value is -1.90. The summed E-state index contributed by atoms with van der Waals surface area (Å²) in [4.78, 5) is 0. The Morgan fingerprint density at radius 3 is 2.80 bits per heavy atom. The fourth-order valence-electron chi connectivity index (χ4n) is 1.61. The minimum Gasteiger partial charge on any atom is -0.507 e. The standard InChI is InChI=1S/C12H13NO2/c1-2-15-8-6-10-9(12(14)7-8)4-3-5-11(10)13/h3-7,14H,2,13H2,1H3. The van der Waals surface area contributed by atoms with E-state index in [9.17, 15) is 5.11 Å². The van der Waals surface area contributed by atoms with E-state index in [-0.39, 0.29) is 5.75 Å². The van der Waals surface area contributed by atoms with E-state index >= 15 is 0 Å². The molecule has 0 heterocycles. The summed E-state index contributed by atoms with van der Waals surface area (Å²) in [6, 6.07) is 8.89. The summed E-state index contributed by atoms with van der Waals surface area (Å²) in [5.74, 6) is 0.837. The predicted molar refractivity (Wildman–Crippen MR) is 61.2 cm³/mol. The maximum Gasteiger partial charge on any atom is 0.127 e. The molecule has 3 heteroatoms. The lowest BCUT2D eigenvalue weighted by Gasteiger charge is -2.08. The van der Waals surface area contributed by atoms with Crippen LogP contribution in [0.2, 0.25) is 0 Å². The van der Waals surface area contributed by atoms with Crippen LogP contribution in [0, 0.1) is 0 Å². The van der Waals surface area contributed by atoms with Crippen LogP contribution in [-0.4, -0.2) is 11.7 Å². The Morgan fingerprint density at radius 1 is 1.27 bits per heavy atom. The van der Waals surface area contributed by atoms with E-state index in [0.717, 1.165) is 10.8 Å². The van der Waals surface area contributed by atoms with Crippen LogP contribution in [0.25, 0.3) is 10.8 Å². The lowest BCUT2D eigenvalue weighted by atomic mass is 10.1. The molecule has 78 valence electrons. The van der Waals surface area contributed by atoms with Gasteiger partial charge in [0.05, 0.1) is 6.61 Å². The first-order valence-corrected chi connectivity index (χ1v) is 4.86. The number of rotatable bonds is 2. The number of nitrogen functional groups attached to an aromatic ring is 1. The van der Waals surface area contributed by atoms with Gasteiger partial charge in [0.1, 0.15) is 11.5 Å². The van der Waals surface area contributed by atoms with Crippen molar-refractivity contribution in [3.63, 3.8) is 0 Å². The largest absolute Gasteiger partial charge is 0.507 e. The molecule has 0 aliphatic carbocycles. The lowest BCUT2D eigenvalue weighted by molar-refractivity contribution is 0.338. The van der Waals surface area contributed by atoms with Crippen LogP contribution in [0.1, 0.15) is 6.92 Å². The van der Waals surface area contributed by atoms with Crippen LogP contribution in [0.15, 0.2) is 30.3 Å². The topological polar surface area (TPSA) is 55.5 Å². The van der Waals surface area contributed by atoms with E-state index in [2.05, 4.69) is 0 Å². The second-order valence-electron chi connectivity index (χ2n) is 3.32. The Balaban J connectivity index is 2.68. The van der Waals surface area contributed by atoms with E-state index in [1.807, 2.05) is 25.1 Å².